The second kappa shape index (κ2) is 6.72. The quantitative estimate of drug-likeness (QED) is 0.843. The van der Waals surface area contributed by atoms with Crippen molar-refractivity contribution in [3.8, 4) is 0 Å². The highest BCUT2D eigenvalue weighted by Gasteiger charge is 2.32. The number of hydrogen-bond donors (Lipinski definition) is 0. The maximum Gasteiger partial charge on any atom is 0.258 e. The van der Waals surface area contributed by atoms with E-state index in [0.29, 0.717) is 36.7 Å². The van der Waals surface area contributed by atoms with Crippen LogP contribution in [0.25, 0.3) is 11.1 Å². The van der Waals surface area contributed by atoms with Crippen molar-refractivity contribution in [1.29, 1.82) is 0 Å². The Morgan fingerprint density at radius 1 is 1.28 bits per heavy atom. The molecule has 136 valence electrons. The van der Waals surface area contributed by atoms with Crippen LogP contribution >= 0.6 is 0 Å². The average molecular weight is 346 g/mol. The molecule has 0 unspecified atom stereocenters. The number of hydrogen-bond acceptors (Lipinski definition) is 6. The summed E-state index contributed by atoms with van der Waals surface area (Å²) in [5.41, 5.74) is 2.49. The fraction of sp³-hybridized carbons (Fsp3) is 0.611. The van der Waals surface area contributed by atoms with E-state index in [2.05, 4.69) is 28.9 Å². The standard InChI is InChI=1S/C18H26N4O3/c1-12-10-14(15-13(2)20-25-16(15)19-12)17(23)21-6-8-22(9-7-21)18(3,4)11-24-5/h10H,6-9,11H2,1-5H3. The third-order valence-corrected chi connectivity index (χ3v) is 4.90. The lowest BCUT2D eigenvalue weighted by atomic mass is 10.0. The van der Waals surface area contributed by atoms with Gasteiger partial charge in [0.15, 0.2) is 0 Å². The van der Waals surface area contributed by atoms with Crippen molar-refractivity contribution in [2.45, 2.75) is 33.2 Å². The molecule has 0 N–H and O–H groups in total. The summed E-state index contributed by atoms with van der Waals surface area (Å²) in [6.07, 6.45) is 0. The molecule has 0 aliphatic carbocycles. The molecule has 2 aromatic rings. The van der Waals surface area contributed by atoms with Gasteiger partial charge in [0.1, 0.15) is 0 Å². The van der Waals surface area contributed by atoms with E-state index in [1.807, 2.05) is 24.8 Å². The number of aromatic nitrogens is 2. The summed E-state index contributed by atoms with van der Waals surface area (Å²) in [6, 6.07) is 1.83. The summed E-state index contributed by atoms with van der Waals surface area (Å²) < 4.78 is 10.6. The van der Waals surface area contributed by atoms with Gasteiger partial charge in [-0.1, -0.05) is 5.16 Å². The maximum atomic E-state index is 13.1. The number of nitrogens with zero attached hydrogens (tertiary/aromatic N) is 4. The number of carbonyl (C=O) groups excluding carboxylic acids is 1. The largest absolute Gasteiger partial charge is 0.383 e. The van der Waals surface area contributed by atoms with Gasteiger partial charge in [-0.3, -0.25) is 9.69 Å². The molecule has 1 saturated heterocycles. The highest BCUT2D eigenvalue weighted by molar-refractivity contribution is 6.06. The van der Waals surface area contributed by atoms with Crippen LogP contribution in [0.1, 0.15) is 35.6 Å². The molecule has 0 radical (unpaired) electrons. The zero-order valence-electron chi connectivity index (χ0n) is 15.6. The highest BCUT2D eigenvalue weighted by atomic mass is 16.5. The monoisotopic (exact) mass is 346 g/mol. The van der Waals surface area contributed by atoms with Crippen LogP contribution in [0, 0.1) is 13.8 Å². The Labute approximate surface area is 147 Å². The molecule has 25 heavy (non-hydrogen) atoms. The topological polar surface area (TPSA) is 71.7 Å². The lowest BCUT2D eigenvalue weighted by Crippen LogP contribution is -2.57. The van der Waals surface area contributed by atoms with Crippen LogP contribution in [0.5, 0.6) is 0 Å². The highest BCUT2D eigenvalue weighted by Crippen LogP contribution is 2.24. The van der Waals surface area contributed by atoms with E-state index in [1.165, 1.54) is 0 Å². The number of piperazine rings is 1. The molecule has 1 amide bonds. The molecule has 3 heterocycles. The van der Waals surface area contributed by atoms with Crippen molar-refractivity contribution in [3.63, 3.8) is 0 Å². The Balaban J connectivity index is 1.79. The first-order chi connectivity index (χ1) is 11.8. The number of carbonyl (C=O) groups is 1. The third-order valence-electron chi connectivity index (χ3n) is 4.90. The molecule has 2 aromatic heterocycles. The van der Waals surface area contributed by atoms with Gasteiger partial charge in [0.05, 0.1) is 23.3 Å². The first-order valence-electron chi connectivity index (χ1n) is 8.60. The number of aryl methyl sites for hydroxylation is 2. The van der Waals surface area contributed by atoms with E-state index >= 15 is 0 Å². The zero-order valence-corrected chi connectivity index (χ0v) is 15.6. The Morgan fingerprint density at radius 2 is 1.96 bits per heavy atom. The van der Waals surface area contributed by atoms with Gasteiger partial charge >= 0.3 is 0 Å². The second-order valence-corrected chi connectivity index (χ2v) is 7.28. The van der Waals surface area contributed by atoms with Crippen molar-refractivity contribution >= 4 is 17.0 Å². The molecule has 3 rings (SSSR count). The minimum absolute atomic E-state index is 0.0194. The zero-order chi connectivity index (χ0) is 18.2. The first-order valence-corrected chi connectivity index (χ1v) is 8.60. The first kappa shape index (κ1) is 17.8. The van der Waals surface area contributed by atoms with Crippen LogP contribution < -0.4 is 0 Å². The minimum atomic E-state index is -0.0323. The molecule has 0 saturated carbocycles. The SMILES string of the molecule is COCC(C)(C)N1CCN(C(=O)c2cc(C)nc3onc(C)c23)CC1. The summed E-state index contributed by atoms with van der Waals surface area (Å²) in [5, 5.41) is 4.68. The molecule has 1 aliphatic heterocycles. The summed E-state index contributed by atoms with van der Waals surface area (Å²) in [5.74, 6) is 0.0194. The second-order valence-electron chi connectivity index (χ2n) is 7.28. The van der Waals surface area contributed by atoms with E-state index in [-0.39, 0.29) is 11.4 Å². The maximum absolute atomic E-state index is 13.1. The fourth-order valence-electron chi connectivity index (χ4n) is 3.52. The van der Waals surface area contributed by atoms with Gasteiger partial charge in [-0.25, -0.2) is 4.98 Å². The number of ether oxygens (including phenoxy) is 1. The van der Waals surface area contributed by atoms with E-state index < -0.39 is 0 Å². The molecule has 0 atom stereocenters. The van der Waals surface area contributed by atoms with Crippen molar-refractivity contribution in [2.75, 3.05) is 39.9 Å². The van der Waals surface area contributed by atoms with Crippen LogP contribution in [-0.4, -0.2) is 71.3 Å². The number of methoxy groups -OCH3 is 1. The normalized spacial score (nSPS) is 16.6. The van der Waals surface area contributed by atoms with Gasteiger partial charge in [0, 0.05) is 44.5 Å². The molecule has 7 heteroatoms. The van der Waals surface area contributed by atoms with Gasteiger partial charge in [0.25, 0.3) is 11.6 Å². The van der Waals surface area contributed by atoms with Crippen molar-refractivity contribution in [1.82, 2.24) is 19.9 Å². The van der Waals surface area contributed by atoms with Crippen LogP contribution in [0.3, 0.4) is 0 Å². The molecule has 1 fully saturated rings. The summed E-state index contributed by atoms with van der Waals surface area (Å²) >= 11 is 0. The Kier molecular flexibility index (Phi) is 4.79. The molecule has 1 aliphatic rings. The van der Waals surface area contributed by atoms with Gasteiger partial charge in [-0.2, -0.15) is 0 Å². The summed E-state index contributed by atoms with van der Waals surface area (Å²) in [6.45, 7) is 11.8. The molecule has 0 bridgehead atoms. The number of amides is 1. The molecule has 7 nitrogen and oxygen atoms in total. The van der Waals surface area contributed by atoms with E-state index in [1.54, 1.807) is 7.11 Å². The third kappa shape index (κ3) is 3.39. The van der Waals surface area contributed by atoms with Crippen LogP contribution in [-0.2, 0) is 4.74 Å². The van der Waals surface area contributed by atoms with Gasteiger partial charge in [-0.15, -0.1) is 0 Å². The van der Waals surface area contributed by atoms with Gasteiger partial charge < -0.3 is 14.2 Å². The minimum Gasteiger partial charge on any atom is -0.383 e. The van der Waals surface area contributed by atoms with Gasteiger partial charge in [-0.05, 0) is 33.8 Å². The van der Waals surface area contributed by atoms with Crippen molar-refractivity contribution in [3.05, 3.63) is 23.0 Å². The smallest absolute Gasteiger partial charge is 0.258 e. The summed E-state index contributed by atoms with van der Waals surface area (Å²) in [7, 11) is 1.72. The van der Waals surface area contributed by atoms with E-state index in [0.717, 1.165) is 24.2 Å². The lowest BCUT2D eigenvalue weighted by Gasteiger charge is -2.43. The van der Waals surface area contributed by atoms with Crippen LogP contribution in [0.2, 0.25) is 0 Å². The Bertz CT molecular complexity index is 776. The predicted molar refractivity (Wildman–Crippen MR) is 94.7 cm³/mol. The lowest BCUT2D eigenvalue weighted by molar-refractivity contribution is 0.00376. The molecular formula is C18H26N4O3. The number of fused-ring (bicyclic) bond motifs is 1. The number of rotatable bonds is 4. The van der Waals surface area contributed by atoms with Crippen LogP contribution in [0.15, 0.2) is 10.6 Å². The predicted octanol–water partition coefficient (Wildman–Crippen LogP) is 2.02. The fourth-order valence-corrected chi connectivity index (χ4v) is 3.52. The average Bonchev–Trinajstić information content (AvgIpc) is 2.94. The molecule has 0 spiro atoms. The Morgan fingerprint density at radius 3 is 2.60 bits per heavy atom. The van der Waals surface area contributed by atoms with E-state index in [9.17, 15) is 4.79 Å². The summed E-state index contributed by atoms with van der Waals surface area (Å²) in [4.78, 5) is 21.7. The van der Waals surface area contributed by atoms with Crippen molar-refractivity contribution in [2.24, 2.45) is 0 Å². The molecule has 0 aromatic carbocycles. The van der Waals surface area contributed by atoms with Crippen LogP contribution in [0.4, 0.5) is 0 Å². The van der Waals surface area contributed by atoms with Gasteiger partial charge in [0.2, 0.25) is 0 Å². The van der Waals surface area contributed by atoms with Crippen molar-refractivity contribution < 1.29 is 14.1 Å². The Hall–Kier alpha value is -1.99. The van der Waals surface area contributed by atoms with E-state index in [4.69, 9.17) is 9.26 Å². The number of pyridine rings is 1. The molecular weight excluding hydrogens is 320 g/mol.